The fourth-order valence-corrected chi connectivity index (χ4v) is 2.27. The van der Waals surface area contributed by atoms with Crippen molar-refractivity contribution in [2.24, 2.45) is 0 Å². The lowest BCUT2D eigenvalue weighted by molar-refractivity contribution is 0.0994. The number of H-pyrrole nitrogens is 1. The molecular formula is C16H14N2O2. The van der Waals surface area contributed by atoms with E-state index in [0.29, 0.717) is 11.3 Å². The number of carbonyl (C=O) groups excluding carboxylic acids is 1. The van der Waals surface area contributed by atoms with Crippen LogP contribution < -0.4 is 4.90 Å². The highest BCUT2D eigenvalue weighted by Crippen LogP contribution is 2.23. The summed E-state index contributed by atoms with van der Waals surface area (Å²) in [6, 6.07) is 14.1. The van der Waals surface area contributed by atoms with Crippen LogP contribution >= 0.6 is 0 Å². The molecule has 0 fully saturated rings. The van der Waals surface area contributed by atoms with E-state index in [1.165, 1.54) is 4.90 Å². The van der Waals surface area contributed by atoms with Gasteiger partial charge < -0.3 is 15.0 Å². The fraction of sp³-hybridized carbons (Fsp3) is 0.0625. The molecule has 4 nitrogen and oxygen atoms in total. The predicted molar refractivity (Wildman–Crippen MR) is 79.1 cm³/mol. The molecule has 0 radical (unpaired) electrons. The van der Waals surface area contributed by atoms with Crippen molar-refractivity contribution in [3.05, 3.63) is 60.3 Å². The van der Waals surface area contributed by atoms with Gasteiger partial charge in [0.2, 0.25) is 0 Å². The largest absolute Gasteiger partial charge is 0.508 e. The zero-order chi connectivity index (χ0) is 14.1. The molecule has 1 amide bonds. The second-order valence-corrected chi connectivity index (χ2v) is 4.63. The van der Waals surface area contributed by atoms with Crippen molar-refractivity contribution in [1.82, 2.24) is 4.98 Å². The Kier molecular flexibility index (Phi) is 2.91. The van der Waals surface area contributed by atoms with Crippen LogP contribution in [0.2, 0.25) is 0 Å². The van der Waals surface area contributed by atoms with Crippen molar-refractivity contribution in [1.29, 1.82) is 0 Å². The summed E-state index contributed by atoms with van der Waals surface area (Å²) < 4.78 is 0. The van der Waals surface area contributed by atoms with Crippen LogP contribution in [0.15, 0.2) is 54.7 Å². The quantitative estimate of drug-likeness (QED) is 0.748. The molecule has 1 aromatic heterocycles. The third-order valence-corrected chi connectivity index (χ3v) is 3.35. The number of phenols is 1. The van der Waals surface area contributed by atoms with Crippen LogP contribution in [0.3, 0.4) is 0 Å². The molecule has 0 bridgehead atoms. The van der Waals surface area contributed by atoms with Gasteiger partial charge in [0.1, 0.15) is 5.75 Å². The average Bonchev–Trinajstić information content (AvgIpc) is 2.94. The Hall–Kier alpha value is -2.75. The Morgan fingerprint density at radius 1 is 1.15 bits per heavy atom. The Labute approximate surface area is 116 Å². The first-order chi connectivity index (χ1) is 9.66. The highest BCUT2D eigenvalue weighted by atomic mass is 16.3. The number of amides is 1. The van der Waals surface area contributed by atoms with E-state index in [2.05, 4.69) is 4.98 Å². The second-order valence-electron chi connectivity index (χ2n) is 4.63. The number of hydrogen-bond donors (Lipinski definition) is 2. The smallest absolute Gasteiger partial charge is 0.258 e. The molecule has 2 aromatic carbocycles. The summed E-state index contributed by atoms with van der Waals surface area (Å²) in [6.45, 7) is 0. The highest BCUT2D eigenvalue weighted by Gasteiger charge is 2.16. The van der Waals surface area contributed by atoms with E-state index in [0.717, 1.165) is 10.9 Å². The van der Waals surface area contributed by atoms with Gasteiger partial charge in [-0.05, 0) is 30.3 Å². The number of aromatic nitrogens is 1. The van der Waals surface area contributed by atoms with Gasteiger partial charge in [0, 0.05) is 41.5 Å². The molecule has 1 heterocycles. The van der Waals surface area contributed by atoms with Crippen LogP contribution in [0.5, 0.6) is 5.75 Å². The highest BCUT2D eigenvalue weighted by molar-refractivity contribution is 6.13. The van der Waals surface area contributed by atoms with Crippen LogP contribution in [-0.2, 0) is 0 Å². The van der Waals surface area contributed by atoms with Gasteiger partial charge in [-0.2, -0.15) is 0 Å². The maximum absolute atomic E-state index is 12.6. The van der Waals surface area contributed by atoms with Gasteiger partial charge in [-0.1, -0.05) is 12.1 Å². The summed E-state index contributed by atoms with van der Waals surface area (Å²) in [7, 11) is 1.70. The van der Waals surface area contributed by atoms with Crippen LogP contribution in [0.1, 0.15) is 10.4 Å². The number of anilines is 1. The molecule has 0 spiro atoms. The standard InChI is InChI=1S/C16H14N2O2/c1-18(11-4-2-5-12(19)10-11)16(20)14-6-3-7-15-13(14)8-9-17-15/h2-10,17,19H,1H3. The monoisotopic (exact) mass is 266 g/mol. The zero-order valence-corrected chi connectivity index (χ0v) is 11.0. The van der Waals surface area contributed by atoms with Crippen molar-refractivity contribution in [3.63, 3.8) is 0 Å². The summed E-state index contributed by atoms with van der Waals surface area (Å²) in [6.07, 6.45) is 1.82. The molecule has 3 rings (SSSR count). The summed E-state index contributed by atoms with van der Waals surface area (Å²) in [5.41, 5.74) is 2.22. The molecule has 0 saturated heterocycles. The number of aromatic hydroxyl groups is 1. The van der Waals surface area contributed by atoms with Crippen LogP contribution in [-0.4, -0.2) is 23.0 Å². The Morgan fingerprint density at radius 2 is 1.95 bits per heavy atom. The average molecular weight is 266 g/mol. The van der Waals surface area contributed by atoms with Gasteiger partial charge in [0.05, 0.1) is 0 Å². The molecule has 4 heteroatoms. The first kappa shape index (κ1) is 12.3. The van der Waals surface area contributed by atoms with Gasteiger partial charge in [0.25, 0.3) is 5.91 Å². The number of hydrogen-bond acceptors (Lipinski definition) is 2. The molecule has 0 aliphatic carbocycles. The van der Waals surface area contributed by atoms with Crippen LogP contribution in [0.25, 0.3) is 10.9 Å². The fourth-order valence-electron chi connectivity index (χ4n) is 2.27. The van der Waals surface area contributed by atoms with E-state index in [1.54, 1.807) is 37.4 Å². The van der Waals surface area contributed by atoms with E-state index < -0.39 is 0 Å². The summed E-state index contributed by atoms with van der Waals surface area (Å²) in [5, 5.41) is 10.4. The topological polar surface area (TPSA) is 56.3 Å². The SMILES string of the molecule is CN(C(=O)c1cccc2[nH]ccc12)c1cccc(O)c1. The molecule has 0 aliphatic heterocycles. The van der Waals surface area contributed by atoms with Crippen molar-refractivity contribution in [2.75, 3.05) is 11.9 Å². The van der Waals surface area contributed by atoms with E-state index >= 15 is 0 Å². The maximum Gasteiger partial charge on any atom is 0.258 e. The van der Waals surface area contributed by atoms with Gasteiger partial charge in [-0.3, -0.25) is 4.79 Å². The molecule has 2 N–H and O–H groups in total. The Morgan fingerprint density at radius 3 is 2.75 bits per heavy atom. The number of nitrogens with one attached hydrogen (secondary N) is 1. The molecular weight excluding hydrogens is 252 g/mol. The number of benzene rings is 2. The summed E-state index contributed by atoms with van der Waals surface area (Å²) in [5.74, 6) is 0.0304. The lowest BCUT2D eigenvalue weighted by atomic mass is 10.1. The minimum absolute atomic E-state index is 0.110. The van der Waals surface area contributed by atoms with Gasteiger partial charge in [-0.25, -0.2) is 0 Å². The summed E-state index contributed by atoms with van der Waals surface area (Å²) >= 11 is 0. The van der Waals surface area contributed by atoms with Crippen molar-refractivity contribution < 1.29 is 9.90 Å². The van der Waals surface area contributed by atoms with Crippen LogP contribution in [0, 0.1) is 0 Å². The number of fused-ring (bicyclic) bond motifs is 1. The van der Waals surface area contributed by atoms with Gasteiger partial charge in [0.15, 0.2) is 0 Å². The molecule has 0 aliphatic rings. The third kappa shape index (κ3) is 2.01. The minimum atomic E-state index is -0.110. The predicted octanol–water partition coefficient (Wildman–Crippen LogP) is 3.15. The lowest BCUT2D eigenvalue weighted by Crippen LogP contribution is -2.26. The molecule has 100 valence electrons. The van der Waals surface area contributed by atoms with Gasteiger partial charge in [-0.15, -0.1) is 0 Å². The molecule has 3 aromatic rings. The number of aromatic amines is 1. The molecule has 0 unspecified atom stereocenters. The zero-order valence-electron chi connectivity index (χ0n) is 11.0. The third-order valence-electron chi connectivity index (χ3n) is 3.35. The van der Waals surface area contributed by atoms with E-state index in [1.807, 2.05) is 24.4 Å². The van der Waals surface area contributed by atoms with E-state index in [9.17, 15) is 9.90 Å². The number of rotatable bonds is 2. The van der Waals surface area contributed by atoms with Crippen molar-refractivity contribution >= 4 is 22.5 Å². The van der Waals surface area contributed by atoms with Crippen molar-refractivity contribution in [3.8, 4) is 5.75 Å². The minimum Gasteiger partial charge on any atom is -0.508 e. The molecule has 0 saturated carbocycles. The lowest BCUT2D eigenvalue weighted by Gasteiger charge is -2.18. The van der Waals surface area contributed by atoms with E-state index in [-0.39, 0.29) is 11.7 Å². The first-order valence-electron chi connectivity index (χ1n) is 6.30. The molecule has 0 atom stereocenters. The Balaban J connectivity index is 2.02. The second kappa shape index (κ2) is 4.74. The first-order valence-corrected chi connectivity index (χ1v) is 6.30. The van der Waals surface area contributed by atoms with Crippen LogP contribution in [0.4, 0.5) is 5.69 Å². The number of phenolic OH excluding ortho intramolecular Hbond substituents is 1. The Bertz CT molecular complexity index is 777. The maximum atomic E-state index is 12.6. The van der Waals surface area contributed by atoms with Gasteiger partial charge >= 0.3 is 0 Å². The number of carbonyl (C=O) groups is 1. The number of nitrogens with zero attached hydrogens (tertiary/aromatic N) is 1. The van der Waals surface area contributed by atoms with E-state index in [4.69, 9.17) is 0 Å². The normalized spacial score (nSPS) is 10.7. The summed E-state index contributed by atoms with van der Waals surface area (Å²) in [4.78, 5) is 17.2. The molecule has 20 heavy (non-hydrogen) atoms. The van der Waals surface area contributed by atoms with Crippen molar-refractivity contribution in [2.45, 2.75) is 0 Å².